The highest BCUT2D eigenvalue weighted by atomic mass is 79.9. The minimum atomic E-state index is -2.83. The van der Waals surface area contributed by atoms with Crippen molar-refractivity contribution in [3.8, 4) is 0 Å². The number of rotatable bonds is 3. The van der Waals surface area contributed by atoms with Gasteiger partial charge in [0.1, 0.15) is 5.82 Å². The number of hydrogen-bond acceptors (Lipinski definition) is 5. The molecular weight excluding hydrogens is 566 g/mol. The monoisotopic (exact) mass is 596 g/mol. The minimum absolute atomic E-state index is 0.0572. The second-order valence-corrected chi connectivity index (χ2v) is 14.0. The first-order valence-electron chi connectivity index (χ1n) is 12.9. The molecule has 3 aliphatic heterocycles. The molecule has 2 unspecified atom stereocenters. The van der Waals surface area contributed by atoms with Gasteiger partial charge in [-0.2, -0.15) is 0 Å². The van der Waals surface area contributed by atoms with Gasteiger partial charge in [-0.25, -0.2) is 18.8 Å². The van der Waals surface area contributed by atoms with Gasteiger partial charge in [0.2, 0.25) is 13.3 Å². The fraction of sp³-hybridized carbons (Fsp3) is 0.345. The highest BCUT2D eigenvalue weighted by Gasteiger charge is 2.46. The molecule has 0 aromatic heterocycles. The molecule has 3 aromatic rings. The van der Waals surface area contributed by atoms with E-state index in [1.54, 1.807) is 12.1 Å². The molecule has 1 fully saturated rings. The van der Waals surface area contributed by atoms with E-state index in [2.05, 4.69) is 65.5 Å². The number of nitrogens with zero attached hydrogens (tertiary/aromatic N) is 4. The predicted molar refractivity (Wildman–Crippen MR) is 156 cm³/mol. The molecule has 198 valence electrons. The molecule has 0 spiro atoms. The summed E-state index contributed by atoms with van der Waals surface area (Å²) < 4.78 is 35.3. The SMILES string of the molecule is CC1N(C)c2cc3c(cc2C1(C)C)P(=Nc1ccc(Br)cc1)(N1CCOCC1)OC(c1ccc(F)cc1)=N3. The normalized spacial score (nSPS) is 24.3. The first kappa shape index (κ1) is 25.8. The van der Waals surface area contributed by atoms with Gasteiger partial charge in [0.25, 0.3) is 0 Å². The van der Waals surface area contributed by atoms with Gasteiger partial charge in [0.15, 0.2) is 0 Å². The van der Waals surface area contributed by atoms with Crippen LogP contribution in [0.5, 0.6) is 0 Å². The second kappa shape index (κ2) is 9.60. The van der Waals surface area contributed by atoms with Gasteiger partial charge in [-0.1, -0.05) is 29.8 Å². The lowest BCUT2D eigenvalue weighted by Gasteiger charge is -2.41. The molecular formula is C29H31BrFN4O2P. The smallest absolute Gasteiger partial charge is 0.242 e. The van der Waals surface area contributed by atoms with Crippen LogP contribution in [0.2, 0.25) is 0 Å². The Morgan fingerprint density at radius 1 is 1.05 bits per heavy atom. The Morgan fingerprint density at radius 2 is 1.74 bits per heavy atom. The summed E-state index contributed by atoms with van der Waals surface area (Å²) in [4.78, 5) is 7.36. The number of ether oxygens (including phenoxy) is 1. The van der Waals surface area contributed by atoms with Crippen LogP contribution in [0.4, 0.5) is 21.5 Å². The molecule has 3 aromatic carbocycles. The minimum Gasteiger partial charge on any atom is -0.424 e. The average Bonchev–Trinajstić information content (AvgIpc) is 3.09. The zero-order chi connectivity index (χ0) is 26.7. The predicted octanol–water partition coefficient (Wildman–Crippen LogP) is 7.13. The Morgan fingerprint density at radius 3 is 2.42 bits per heavy atom. The van der Waals surface area contributed by atoms with Gasteiger partial charge in [-0.05, 0) is 73.2 Å². The Kier molecular flexibility index (Phi) is 6.50. The van der Waals surface area contributed by atoms with Gasteiger partial charge in [0, 0.05) is 47.3 Å². The molecule has 0 bridgehead atoms. The summed E-state index contributed by atoms with van der Waals surface area (Å²) in [5.74, 6) is 0.168. The Bertz CT molecular complexity index is 1470. The average molecular weight is 597 g/mol. The number of anilines is 1. The summed E-state index contributed by atoms with van der Waals surface area (Å²) in [6.07, 6.45) is 0. The van der Waals surface area contributed by atoms with Gasteiger partial charge < -0.3 is 14.2 Å². The topological polar surface area (TPSA) is 49.7 Å². The van der Waals surface area contributed by atoms with Crippen molar-refractivity contribution in [1.82, 2.24) is 4.67 Å². The van der Waals surface area contributed by atoms with Crippen LogP contribution in [0, 0.1) is 5.82 Å². The van der Waals surface area contributed by atoms with E-state index in [-0.39, 0.29) is 11.2 Å². The van der Waals surface area contributed by atoms with Crippen LogP contribution in [0.1, 0.15) is 31.9 Å². The fourth-order valence-corrected chi connectivity index (χ4v) is 8.77. The van der Waals surface area contributed by atoms with E-state index in [1.165, 1.54) is 23.4 Å². The molecule has 0 N–H and O–H groups in total. The highest BCUT2D eigenvalue weighted by Crippen LogP contribution is 2.61. The van der Waals surface area contributed by atoms with Crippen molar-refractivity contribution in [3.05, 3.63) is 82.1 Å². The van der Waals surface area contributed by atoms with Crippen molar-refractivity contribution in [2.75, 3.05) is 38.3 Å². The third kappa shape index (κ3) is 4.22. The number of benzene rings is 3. The lowest BCUT2D eigenvalue weighted by molar-refractivity contribution is 0.0716. The number of likely N-dealkylation sites (N-methyl/N-ethyl adjacent to an activating group) is 1. The molecule has 0 radical (unpaired) electrons. The summed E-state index contributed by atoms with van der Waals surface area (Å²) in [5, 5.41) is 1.02. The van der Waals surface area contributed by atoms with Crippen molar-refractivity contribution in [2.24, 2.45) is 9.74 Å². The zero-order valence-corrected chi connectivity index (χ0v) is 24.5. The number of hydrogen-bond donors (Lipinski definition) is 0. The highest BCUT2D eigenvalue weighted by molar-refractivity contribution is 9.10. The first-order chi connectivity index (χ1) is 18.2. The summed E-state index contributed by atoms with van der Waals surface area (Å²) in [7, 11) is -0.690. The molecule has 6 rings (SSSR count). The van der Waals surface area contributed by atoms with Crippen molar-refractivity contribution in [1.29, 1.82) is 0 Å². The summed E-state index contributed by atoms with van der Waals surface area (Å²) in [6, 6.07) is 19.1. The van der Waals surface area contributed by atoms with E-state index in [0.29, 0.717) is 38.2 Å². The molecule has 3 aliphatic rings. The molecule has 1 saturated heterocycles. The number of aliphatic imine (C=N–C) groups is 1. The van der Waals surface area contributed by atoms with E-state index in [0.717, 1.165) is 26.7 Å². The Labute approximate surface area is 231 Å². The molecule has 0 saturated carbocycles. The van der Waals surface area contributed by atoms with Crippen molar-refractivity contribution >= 4 is 51.6 Å². The van der Waals surface area contributed by atoms with Crippen LogP contribution in [-0.4, -0.2) is 50.0 Å². The first-order valence-corrected chi connectivity index (χ1v) is 15.3. The van der Waals surface area contributed by atoms with Gasteiger partial charge >= 0.3 is 0 Å². The van der Waals surface area contributed by atoms with Crippen LogP contribution in [0.25, 0.3) is 0 Å². The Balaban J connectivity index is 1.65. The molecule has 9 heteroatoms. The molecule has 0 aliphatic carbocycles. The van der Waals surface area contributed by atoms with Crippen LogP contribution in [0.3, 0.4) is 0 Å². The molecule has 38 heavy (non-hydrogen) atoms. The number of fused-ring (bicyclic) bond motifs is 2. The van der Waals surface area contributed by atoms with Gasteiger partial charge in [0.05, 0.1) is 29.9 Å². The van der Waals surface area contributed by atoms with Crippen LogP contribution in [-0.2, 0) is 14.7 Å². The van der Waals surface area contributed by atoms with Crippen LogP contribution < -0.4 is 10.2 Å². The van der Waals surface area contributed by atoms with Crippen LogP contribution >= 0.6 is 23.4 Å². The van der Waals surface area contributed by atoms with Crippen LogP contribution in [0.15, 0.2) is 74.9 Å². The van der Waals surface area contributed by atoms with E-state index >= 15 is 0 Å². The maximum absolute atomic E-state index is 13.8. The molecule has 6 nitrogen and oxygen atoms in total. The Hall–Kier alpha value is -2.51. The van der Waals surface area contributed by atoms with Crippen molar-refractivity contribution in [3.63, 3.8) is 0 Å². The number of halogens is 2. The molecule has 3 heterocycles. The third-order valence-corrected chi connectivity index (χ3v) is 11.7. The van der Waals surface area contributed by atoms with Crippen molar-refractivity contribution < 1.29 is 13.7 Å². The van der Waals surface area contributed by atoms with E-state index in [4.69, 9.17) is 19.0 Å². The summed E-state index contributed by atoms with van der Waals surface area (Å²) in [5.41, 5.74) is 4.81. The lowest BCUT2D eigenvalue weighted by Crippen LogP contribution is -2.39. The van der Waals surface area contributed by atoms with E-state index in [1.807, 2.05) is 24.3 Å². The quantitative estimate of drug-likeness (QED) is 0.302. The lowest BCUT2D eigenvalue weighted by atomic mass is 9.81. The summed E-state index contributed by atoms with van der Waals surface area (Å²) >= 11 is 3.54. The van der Waals surface area contributed by atoms with Crippen molar-refractivity contribution in [2.45, 2.75) is 32.2 Å². The molecule has 0 amide bonds. The summed E-state index contributed by atoms with van der Waals surface area (Å²) in [6.45, 7) is 9.46. The maximum Gasteiger partial charge on any atom is 0.242 e. The number of morpholine rings is 1. The standard InChI is InChI=1S/C29H31BrFN4O2P/c1-19-29(2,3)24-17-27-25(18-26(24)34(19)4)32-28(20-5-9-22(31)10-6-20)37-38(27,35-13-15-36-16-14-35)33-23-11-7-21(30)8-12-23/h5-12,17-19H,13-16H2,1-4H3. The van der Waals surface area contributed by atoms with Gasteiger partial charge in [-0.15, -0.1) is 0 Å². The van der Waals surface area contributed by atoms with Gasteiger partial charge in [-0.3, -0.25) is 0 Å². The second-order valence-electron chi connectivity index (χ2n) is 10.6. The zero-order valence-electron chi connectivity index (χ0n) is 22.0. The third-order valence-electron chi connectivity index (χ3n) is 8.08. The molecule has 2 atom stereocenters. The fourth-order valence-electron chi connectivity index (χ4n) is 5.46. The van der Waals surface area contributed by atoms with E-state index in [9.17, 15) is 4.39 Å². The maximum atomic E-state index is 13.8. The van der Waals surface area contributed by atoms with E-state index < -0.39 is 7.43 Å². The largest absolute Gasteiger partial charge is 0.424 e.